The second-order valence-corrected chi connectivity index (χ2v) is 6.93. The smallest absolute Gasteiger partial charge is 0.191 e. The topological polar surface area (TPSA) is 45.7 Å². The summed E-state index contributed by atoms with van der Waals surface area (Å²) in [6.45, 7) is 8.72. The van der Waals surface area contributed by atoms with Crippen molar-refractivity contribution in [2.45, 2.75) is 65.2 Å². The van der Waals surface area contributed by atoms with Crippen LogP contribution in [0.1, 0.15) is 65.2 Å². The Morgan fingerprint density at radius 3 is 2.78 bits per heavy atom. The minimum atomic E-state index is 0.420. The van der Waals surface area contributed by atoms with E-state index in [4.69, 9.17) is 9.73 Å². The Labute approximate surface area is 142 Å². The Morgan fingerprint density at radius 2 is 2.13 bits per heavy atom. The van der Waals surface area contributed by atoms with Gasteiger partial charge in [-0.3, -0.25) is 4.99 Å². The SMILES string of the molecule is CCNC(=NCC1(CCOCC)CC1)NCCC1=CCCCC1. The van der Waals surface area contributed by atoms with Crippen LogP contribution in [0.5, 0.6) is 0 Å². The molecule has 0 aromatic heterocycles. The standard InChI is InChI=1S/C19H35N3O/c1-3-20-18(21-14-10-17-8-6-5-7-9-17)22-16-19(11-12-19)13-15-23-4-2/h8H,3-7,9-16H2,1-2H3,(H2,20,21,22). The summed E-state index contributed by atoms with van der Waals surface area (Å²) in [4.78, 5) is 4.83. The molecule has 0 atom stereocenters. The van der Waals surface area contributed by atoms with Crippen molar-refractivity contribution in [2.24, 2.45) is 10.4 Å². The second kappa shape index (κ2) is 9.96. The quantitative estimate of drug-likeness (QED) is 0.279. The summed E-state index contributed by atoms with van der Waals surface area (Å²) in [5.74, 6) is 0.978. The molecule has 2 rings (SSSR count). The van der Waals surface area contributed by atoms with Gasteiger partial charge in [0.2, 0.25) is 0 Å². The predicted molar refractivity (Wildman–Crippen MR) is 97.9 cm³/mol. The average molecular weight is 322 g/mol. The van der Waals surface area contributed by atoms with Crippen molar-refractivity contribution >= 4 is 5.96 Å². The lowest BCUT2D eigenvalue weighted by atomic mass is 9.97. The van der Waals surface area contributed by atoms with Gasteiger partial charge in [-0.05, 0) is 70.6 Å². The van der Waals surface area contributed by atoms with Crippen LogP contribution >= 0.6 is 0 Å². The number of hydrogen-bond donors (Lipinski definition) is 2. The van der Waals surface area contributed by atoms with E-state index in [9.17, 15) is 0 Å². The van der Waals surface area contributed by atoms with Gasteiger partial charge in [-0.1, -0.05) is 11.6 Å². The summed E-state index contributed by atoms with van der Waals surface area (Å²) in [6.07, 6.45) is 12.6. The Balaban J connectivity index is 1.72. The Bertz CT molecular complexity index is 399. The first-order valence-corrected chi connectivity index (χ1v) is 9.56. The van der Waals surface area contributed by atoms with Gasteiger partial charge in [-0.2, -0.15) is 0 Å². The molecule has 0 bridgehead atoms. The Hall–Kier alpha value is -1.03. The zero-order valence-electron chi connectivity index (χ0n) is 15.1. The number of rotatable bonds is 10. The lowest BCUT2D eigenvalue weighted by molar-refractivity contribution is 0.129. The van der Waals surface area contributed by atoms with Gasteiger partial charge >= 0.3 is 0 Å². The molecule has 23 heavy (non-hydrogen) atoms. The van der Waals surface area contributed by atoms with Gasteiger partial charge in [0, 0.05) is 32.8 Å². The first kappa shape index (κ1) is 18.3. The molecule has 1 saturated carbocycles. The van der Waals surface area contributed by atoms with Crippen LogP contribution in [-0.2, 0) is 4.74 Å². The molecule has 0 spiro atoms. The number of aliphatic imine (C=N–C) groups is 1. The largest absolute Gasteiger partial charge is 0.382 e. The molecule has 2 aliphatic rings. The van der Waals surface area contributed by atoms with Crippen molar-refractivity contribution in [2.75, 3.05) is 32.8 Å². The summed E-state index contributed by atoms with van der Waals surface area (Å²) in [6, 6.07) is 0. The summed E-state index contributed by atoms with van der Waals surface area (Å²) < 4.78 is 5.51. The van der Waals surface area contributed by atoms with E-state index < -0.39 is 0 Å². The van der Waals surface area contributed by atoms with Gasteiger partial charge in [-0.15, -0.1) is 0 Å². The van der Waals surface area contributed by atoms with Crippen molar-refractivity contribution in [1.29, 1.82) is 0 Å². The van der Waals surface area contributed by atoms with E-state index in [1.54, 1.807) is 5.57 Å². The molecule has 4 nitrogen and oxygen atoms in total. The number of ether oxygens (including phenoxy) is 1. The van der Waals surface area contributed by atoms with Crippen molar-refractivity contribution in [1.82, 2.24) is 10.6 Å². The third-order valence-corrected chi connectivity index (χ3v) is 4.98. The van der Waals surface area contributed by atoms with Crippen LogP contribution in [0, 0.1) is 5.41 Å². The third kappa shape index (κ3) is 6.94. The number of nitrogens with zero attached hydrogens (tertiary/aromatic N) is 1. The fraction of sp³-hybridized carbons (Fsp3) is 0.842. The zero-order valence-corrected chi connectivity index (χ0v) is 15.1. The fourth-order valence-electron chi connectivity index (χ4n) is 3.16. The first-order valence-electron chi connectivity index (χ1n) is 9.56. The van der Waals surface area contributed by atoms with Crippen LogP contribution in [0.2, 0.25) is 0 Å². The summed E-state index contributed by atoms with van der Waals surface area (Å²) >= 11 is 0. The summed E-state index contributed by atoms with van der Waals surface area (Å²) in [7, 11) is 0. The molecule has 0 aromatic carbocycles. The molecule has 2 aliphatic carbocycles. The molecule has 0 aromatic rings. The third-order valence-electron chi connectivity index (χ3n) is 4.98. The Morgan fingerprint density at radius 1 is 1.26 bits per heavy atom. The number of nitrogens with one attached hydrogen (secondary N) is 2. The number of hydrogen-bond acceptors (Lipinski definition) is 2. The van der Waals surface area contributed by atoms with Crippen molar-refractivity contribution < 1.29 is 4.74 Å². The monoisotopic (exact) mass is 321 g/mol. The molecule has 0 aliphatic heterocycles. The molecule has 2 N–H and O–H groups in total. The highest BCUT2D eigenvalue weighted by Gasteiger charge is 2.41. The van der Waals surface area contributed by atoms with E-state index in [1.165, 1.54) is 38.5 Å². The van der Waals surface area contributed by atoms with Gasteiger partial charge in [0.15, 0.2) is 5.96 Å². The van der Waals surface area contributed by atoms with Crippen LogP contribution in [0.3, 0.4) is 0 Å². The average Bonchev–Trinajstić information content (AvgIpc) is 3.34. The maximum atomic E-state index is 5.51. The van der Waals surface area contributed by atoms with E-state index in [0.717, 1.165) is 51.6 Å². The summed E-state index contributed by atoms with van der Waals surface area (Å²) in [5, 5.41) is 6.88. The van der Waals surface area contributed by atoms with Gasteiger partial charge in [0.1, 0.15) is 0 Å². The van der Waals surface area contributed by atoms with Crippen LogP contribution in [-0.4, -0.2) is 38.8 Å². The van der Waals surface area contributed by atoms with Crippen LogP contribution in [0.15, 0.2) is 16.6 Å². The van der Waals surface area contributed by atoms with Crippen molar-refractivity contribution in [3.63, 3.8) is 0 Å². The minimum absolute atomic E-state index is 0.420. The summed E-state index contributed by atoms with van der Waals surface area (Å²) in [5.41, 5.74) is 2.04. The molecule has 132 valence electrons. The number of guanidine groups is 1. The molecule has 4 heteroatoms. The van der Waals surface area contributed by atoms with E-state index in [1.807, 2.05) is 0 Å². The normalized spacial score (nSPS) is 20.1. The molecular formula is C19H35N3O. The molecule has 0 unspecified atom stereocenters. The lowest BCUT2D eigenvalue weighted by Gasteiger charge is -2.17. The van der Waals surface area contributed by atoms with Gasteiger partial charge < -0.3 is 15.4 Å². The second-order valence-electron chi connectivity index (χ2n) is 6.93. The van der Waals surface area contributed by atoms with Crippen LogP contribution in [0.25, 0.3) is 0 Å². The highest BCUT2D eigenvalue weighted by Crippen LogP contribution is 2.48. The van der Waals surface area contributed by atoms with Crippen molar-refractivity contribution in [3.8, 4) is 0 Å². The molecule has 1 fully saturated rings. The Kier molecular flexibility index (Phi) is 7.93. The van der Waals surface area contributed by atoms with Gasteiger partial charge in [0.05, 0.1) is 0 Å². The molecule has 0 saturated heterocycles. The minimum Gasteiger partial charge on any atom is -0.382 e. The van der Waals surface area contributed by atoms with E-state index in [0.29, 0.717) is 5.41 Å². The van der Waals surface area contributed by atoms with Crippen LogP contribution < -0.4 is 10.6 Å². The maximum Gasteiger partial charge on any atom is 0.191 e. The highest BCUT2D eigenvalue weighted by molar-refractivity contribution is 5.79. The van der Waals surface area contributed by atoms with Gasteiger partial charge in [-0.25, -0.2) is 0 Å². The zero-order chi connectivity index (χ0) is 16.4. The predicted octanol–water partition coefficient (Wildman–Crippen LogP) is 3.64. The highest BCUT2D eigenvalue weighted by atomic mass is 16.5. The first-order chi connectivity index (χ1) is 11.3. The van der Waals surface area contributed by atoms with E-state index >= 15 is 0 Å². The number of allylic oxidation sites excluding steroid dienone is 1. The van der Waals surface area contributed by atoms with E-state index in [2.05, 4.69) is 30.6 Å². The van der Waals surface area contributed by atoms with E-state index in [-0.39, 0.29) is 0 Å². The maximum absolute atomic E-state index is 5.51. The molecule has 0 heterocycles. The van der Waals surface area contributed by atoms with Crippen molar-refractivity contribution in [3.05, 3.63) is 11.6 Å². The molecule has 0 radical (unpaired) electrons. The molecular weight excluding hydrogens is 286 g/mol. The lowest BCUT2D eigenvalue weighted by Crippen LogP contribution is -2.38. The molecule has 0 amide bonds. The van der Waals surface area contributed by atoms with Gasteiger partial charge in [0.25, 0.3) is 0 Å². The fourth-order valence-corrected chi connectivity index (χ4v) is 3.16. The van der Waals surface area contributed by atoms with Crippen LogP contribution in [0.4, 0.5) is 0 Å².